The van der Waals surface area contributed by atoms with Crippen molar-refractivity contribution in [1.82, 2.24) is 9.71 Å². The molecule has 174 valence electrons. The summed E-state index contributed by atoms with van der Waals surface area (Å²) in [6, 6.07) is 3.88. The number of fused-ring (bicyclic) bond motifs is 1. The number of pyridine rings is 1. The molecule has 0 radical (unpaired) electrons. The molecule has 1 aliphatic rings. The Balaban J connectivity index is 1.94. The third-order valence-corrected chi connectivity index (χ3v) is 6.91. The zero-order chi connectivity index (χ0) is 23.7. The van der Waals surface area contributed by atoms with E-state index in [4.69, 9.17) is 27.8 Å². The Morgan fingerprint density at radius 3 is 2.56 bits per heavy atom. The summed E-state index contributed by atoms with van der Waals surface area (Å²) in [6.45, 7) is 5.36. The van der Waals surface area contributed by atoms with Crippen molar-refractivity contribution in [1.29, 1.82) is 0 Å². The van der Waals surface area contributed by atoms with Gasteiger partial charge in [-0.15, -0.1) is 0 Å². The molecule has 1 heterocycles. The number of halogens is 1. The van der Waals surface area contributed by atoms with Gasteiger partial charge in [-0.3, -0.25) is 4.79 Å². The van der Waals surface area contributed by atoms with Crippen LogP contribution in [0.4, 0.5) is 5.82 Å². The highest BCUT2D eigenvalue weighted by molar-refractivity contribution is 7.89. The number of hydrogen-bond acceptors (Lipinski definition) is 6. The van der Waals surface area contributed by atoms with E-state index in [0.29, 0.717) is 28.6 Å². The highest BCUT2D eigenvalue weighted by atomic mass is 35.5. The van der Waals surface area contributed by atoms with Gasteiger partial charge in [-0.1, -0.05) is 30.5 Å². The fourth-order valence-corrected chi connectivity index (χ4v) is 5.30. The van der Waals surface area contributed by atoms with E-state index in [1.807, 2.05) is 0 Å². The summed E-state index contributed by atoms with van der Waals surface area (Å²) in [5.41, 5.74) is 10.3. The molecule has 0 spiro atoms. The van der Waals surface area contributed by atoms with Crippen LogP contribution in [0.3, 0.4) is 0 Å². The largest absolute Gasteiger partial charge is 0.460 e. The molecular weight excluding hydrogens is 454 g/mol. The number of sulfonamides is 1. The van der Waals surface area contributed by atoms with Crippen LogP contribution in [0.25, 0.3) is 10.8 Å². The number of guanidine groups is 1. The maximum atomic E-state index is 13.2. The average Bonchev–Trinajstić information content (AvgIpc) is 2.68. The van der Waals surface area contributed by atoms with Gasteiger partial charge in [0.15, 0.2) is 11.8 Å². The van der Waals surface area contributed by atoms with Crippen molar-refractivity contribution in [2.75, 3.05) is 0 Å². The zero-order valence-electron chi connectivity index (χ0n) is 18.3. The Bertz CT molecular complexity index is 1160. The number of carbonyl (C=O) groups excluding carboxylic acids is 1. The normalized spacial score (nSPS) is 19.5. The van der Waals surface area contributed by atoms with Crippen LogP contribution in [0.15, 0.2) is 34.3 Å². The summed E-state index contributed by atoms with van der Waals surface area (Å²) < 4.78 is 34.6. The van der Waals surface area contributed by atoms with E-state index in [0.717, 1.165) is 12.8 Å². The Morgan fingerprint density at radius 2 is 1.91 bits per heavy atom. The van der Waals surface area contributed by atoms with Gasteiger partial charge in [-0.25, -0.2) is 18.1 Å². The molecule has 0 saturated heterocycles. The van der Waals surface area contributed by atoms with Gasteiger partial charge in [0, 0.05) is 23.0 Å². The Kier molecular flexibility index (Phi) is 6.97. The minimum atomic E-state index is -3.96. The average molecular weight is 482 g/mol. The molecule has 1 saturated carbocycles. The number of aliphatic imine (C=N–C) groups is 1. The lowest BCUT2D eigenvalue weighted by atomic mass is 9.85. The smallest absolute Gasteiger partial charge is 0.311 e. The predicted octanol–water partition coefficient (Wildman–Crippen LogP) is 2.97. The topological polar surface area (TPSA) is 150 Å². The van der Waals surface area contributed by atoms with E-state index in [1.54, 1.807) is 26.8 Å². The van der Waals surface area contributed by atoms with Crippen LogP contribution in [0, 0.1) is 5.92 Å². The van der Waals surface area contributed by atoms with E-state index < -0.39 is 33.6 Å². The lowest BCUT2D eigenvalue weighted by Gasteiger charge is -2.32. The van der Waals surface area contributed by atoms with Crippen LogP contribution in [0.5, 0.6) is 0 Å². The van der Waals surface area contributed by atoms with E-state index >= 15 is 0 Å². The summed E-state index contributed by atoms with van der Waals surface area (Å²) in [7, 11) is -3.96. The van der Waals surface area contributed by atoms with E-state index in [9.17, 15) is 13.2 Å². The van der Waals surface area contributed by atoms with Crippen LogP contribution >= 0.6 is 11.6 Å². The van der Waals surface area contributed by atoms with Gasteiger partial charge in [0.25, 0.3) is 0 Å². The van der Waals surface area contributed by atoms with Crippen molar-refractivity contribution >= 4 is 50.1 Å². The van der Waals surface area contributed by atoms with Crippen LogP contribution < -0.4 is 16.2 Å². The van der Waals surface area contributed by atoms with Crippen LogP contribution in [0.1, 0.15) is 46.5 Å². The molecule has 1 aromatic heterocycles. The van der Waals surface area contributed by atoms with Crippen LogP contribution in [-0.4, -0.2) is 37.0 Å². The molecule has 0 bridgehead atoms. The molecule has 9 nitrogen and oxygen atoms in total. The number of nitrogens with one attached hydrogen (secondary N) is 1. The molecule has 1 fully saturated rings. The van der Waals surface area contributed by atoms with Crippen molar-refractivity contribution in [3.63, 3.8) is 0 Å². The first kappa shape index (κ1) is 24.2. The third-order valence-electron chi connectivity index (χ3n) is 5.12. The Morgan fingerprint density at radius 1 is 1.22 bits per heavy atom. The van der Waals surface area contributed by atoms with Crippen LogP contribution in [0.2, 0.25) is 5.02 Å². The monoisotopic (exact) mass is 481 g/mol. The van der Waals surface area contributed by atoms with Gasteiger partial charge in [0.2, 0.25) is 10.0 Å². The first-order chi connectivity index (χ1) is 14.9. The van der Waals surface area contributed by atoms with Crippen LogP contribution in [-0.2, 0) is 19.6 Å². The van der Waals surface area contributed by atoms with Gasteiger partial charge in [0.1, 0.15) is 5.60 Å². The molecule has 3 rings (SSSR count). The molecule has 5 N–H and O–H groups in total. The van der Waals surface area contributed by atoms with E-state index in [2.05, 4.69) is 14.7 Å². The zero-order valence-corrected chi connectivity index (χ0v) is 19.8. The van der Waals surface area contributed by atoms with Crippen molar-refractivity contribution in [2.24, 2.45) is 22.4 Å². The second kappa shape index (κ2) is 9.21. The molecule has 11 heteroatoms. The summed E-state index contributed by atoms with van der Waals surface area (Å²) >= 11 is 6.20. The Labute approximate surface area is 192 Å². The first-order valence-corrected chi connectivity index (χ1v) is 12.2. The highest BCUT2D eigenvalue weighted by Gasteiger charge is 2.36. The van der Waals surface area contributed by atoms with Gasteiger partial charge in [-0.2, -0.15) is 4.99 Å². The minimum Gasteiger partial charge on any atom is -0.460 e. The fraction of sp³-hybridized carbons (Fsp3) is 0.476. The maximum absolute atomic E-state index is 13.2. The van der Waals surface area contributed by atoms with Crippen molar-refractivity contribution in [3.05, 3.63) is 29.4 Å². The minimum absolute atomic E-state index is 0.00498. The number of nitrogens with two attached hydrogens (primary N) is 2. The Hall–Kier alpha value is -2.43. The third kappa shape index (κ3) is 5.67. The number of benzene rings is 1. The van der Waals surface area contributed by atoms with Crippen molar-refractivity contribution in [3.8, 4) is 0 Å². The SMILES string of the molecule is CC(C)(C)OC(=O)[C@H]1CCCC[C@@H]1NS(=O)(=O)c1ccc2c(Cl)cnc(N=C(N)N)c2c1. The molecule has 2 aromatic rings. The second-order valence-electron chi connectivity index (χ2n) is 8.83. The van der Waals surface area contributed by atoms with E-state index in [1.165, 1.54) is 18.3 Å². The number of carbonyl (C=O) groups is 1. The molecule has 0 unspecified atom stereocenters. The summed E-state index contributed by atoms with van der Waals surface area (Å²) in [4.78, 5) is 20.7. The number of ether oxygens (including phenoxy) is 1. The number of aromatic nitrogens is 1. The fourth-order valence-electron chi connectivity index (χ4n) is 3.75. The molecule has 2 atom stereocenters. The molecule has 0 amide bonds. The highest BCUT2D eigenvalue weighted by Crippen LogP contribution is 2.33. The number of rotatable bonds is 5. The van der Waals surface area contributed by atoms with Crippen molar-refractivity contribution in [2.45, 2.75) is 63.0 Å². The molecule has 1 aromatic carbocycles. The summed E-state index contributed by atoms with van der Waals surface area (Å²) in [6.07, 6.45) is 4.16. The molecule has 32 heavy (non-hydrogen) atoms. The van der Waals surface area contributed by atoms with Gasteiger partial charge in [-0.05, 0) is 45.7 Å². The second-order valence-corrected chi connectivity index (χ2v) is 10.9. The number of hydrogen-bond donors (Lipinski definition) is 3. The lowest BCUT2D eigenvalue weighted by Crippen LogP contribution is -2.46. The van der Waals surface area contributed by atoms with Crippen molar-refractivity contribution < 1.29 is 17.9 Å². The van der Waals surface area contributed by atoms with Gasteiger partial charge < -0.3 is 16.2 Å². The van der Waals surface area contributed by atoms with Gasteiger partial charge >= 0.3 is 5.97 Å². The quantitative estimate of drug-likeness (QED) is 0.337. The number of nitrogens with zero attached hydrogens (tertiary/aromatic N) is 2. The maximum Gasteiger partial charge on any atom is 0.311 e. The van der Waals surface area contributed by atoms with E-state index in [-0.39, 0.29) is 16.7 Å². The predicted molar refractivity (Wildman–Crippen MR) is 124 cm³/mol. The first-order valence-electron chi connectivity index (χ1n) is 10.3. The lowest BCUT2D eigenvalue weighted by molar-refractivity contribution is -0.161. The van der Waals surface area contributed by atoms with Gasteiger partial charge in [0.05, 0.1) is 15.8 Å². The standard InChI is InChI=1S/C21H28ClN5O4S/c1-21(2,3)31-19(28)14-6-4-5-7-17(14)27-32(29,30)12-8-9-13-15(10-12)18(26-20(23)24)25-11-16(13)22/h8-11,14,17,27H,4-7H2,1-3H3,(H4,23,24,25,26)/t14-,17-/m0/s1. The molecule has 1 aliphatic carbocycles. The summed E-state index contributed by atoms with van der Waals surface area (Å²) in [5.74, 6) is -0.999. The number of esters is 1. The summed E-state index contributed by atoms with van der Waals surface area (Å²) in [5, 5.41) is 1.29. The molecular formula is C21H28ClN5O4S. The molecule has 0 aliphatic heterocycles.